The number of carbonyl (C=O) groups excluding carboxylic acids is 1. The van der Waals surface area contributed by atoms with Crippen molar-refractivity contribution >= 4 is 28.2 Å². The Morgan fingerprint density at radius 3 is 2.52 bits per heavy atom. The number of alkyl halides is 3. The van der Waals surface area contributed by atoms with E-state index in [4.69, 9.17) is 15.2 Å². The summed E-state index contributed by atoms with van der Waals surface area (Å²) in [6.45, 7) is 5.68. The Bertz CT molecular complexity index is 1490. The molecule has 4 aromatic rings. The molecule has 4 rings (SSSR count). The lowest BCUT2D eigenvalue weighted by Crippen LogP contribution is -2.33. The van der Waals surface area contributed by atoms with E-state index in [1.807, 2.05) is 26.8 Å². The summed E-state index contributed by atoms with van der Waals surface area (Å²) < 4.78 is 52.2. The van der Waals surface area contributed by atoms with Gasteiger partial charge in [0.25, 0.3) is 0 Å². The summed E-state index contributed by atoms with van der Waals surface area (Å²) in [4.78, 5) is 17.7. The number of nitrogens with zero attached hydrogens (tertiary/aromatic N) is 1. The summed E-state index contributed by atoms with van der Waals surface area (Å²) in [5, 5.41) is 7.46. The van der Waals surface area contributed by atoms with Crippen LogP contribution in [0.3, 0.4) is 0 Å². The van der Waals surface area contributed by atoms with Gasteiger partial charge < -0.3 is 25.8 Å². The highest BCUT2D eigenvalue weighted by atomic mass is 19.4. The van der Waals surface area contributed by atoms with E-state index in [1.54, 1.807) is 42.6 Å². The molecule has 210 valence electrons. The molecule has 7 nitrogen and oxygen atoms in total. The second kappa shape index (κ2) is 12.1. The molecule has 0 bridgehead atoms. The van der Waals surface area contributed by atoms with Gasteiger partial charge in [-0.1, -0.05) is 24.3 Å². The monoisotopic (exact) mass is 552 g/mol. The van der Waals surface area contributed by atoms with Crippen LogP contribution in [0, 0.1) is 0 Å². The van der Waals surface area contributed by atoms with Crippen LogP contribution in [0.5, 0.6) is 11.5 Å². The minimum atomic E-state index is -4.54. The maximum Gasteiger partial charge on any atom is 0.416 e. The molecule has 0 saturated carbocycles. The van der Waals surface area contributed by atoms with Crippen molar-refractivity contribution in [3.8, 4) is 11.5 Å². The second-order valence-corrected chi connectivity index (χ2v) is 9.39. The van der Waals surface area contributed by atoms with E-state index in [9.17, 15) is 18.0 Å². The van der Waals surface area contributed by atoms with Crippen molar-refractivity contribution < 1.29 is 27.4 Å². The Balaban J connectivity index is 1.69. The molecule has 0 aliphatic rings. The van der Waals surface area contributed by atoms with Gasteiger partial charge in [0.15, 0.2) is 11.5 Å². The average Bonchev–Trinajstić information content (AvgIpc) is 2.91. The maximum atomic E-state index is 13.6. The normalized spacial score (nSPS) is 12.3. The van der Waals surface area contributed by atoms with Gasteiger partial charge in [-0.2, -0.15) is 13.2 Å². The standard InChI is InChI=1S/C30H31F3N4O3/c1-4-39-26-16-20(9-12-25(26)40-18(2)3)27(37-22-10-11-23-19(15-22)13-14-35-28(23)34)29(38)36-17-21-7-5-6-8-24(21)30(31,32)33/h5-16,18,27,37H,4,17H2,1-3H3,(H2,34,35)(H,36,38). The summed E-state index contributed by atoms with van der Waals surface area (Å²) in [5.74, 6) is 0.829. The summed E-state index contributed by atoms with van der Waals surface area (Å²) in [6.07, 6.45) is -3.05. The molecule has 0 spiro atoms. The topological polar surface area (TPSA) is 98.5 Å². The largest absolute Gasteiger partial charge is 0.490 e. The number of hydrogen-bond acceptors (Lipinski definition) is 6. The number of amides is 1. The Hall–Kier alpha value is -4.47. The minimum absolute atomic E-state index is 0.0357. The number of nitrogens with one attached hydrogen (secondary N) is 2. The van der Waals surface area contributed by atoms with Crippen LogP contribution in [-0.4, -0.2) is 23.6 Å². The smallest absolute Gasteiger partial charge is 0.416 e. The van der Waals surface area contributed by atoms with Crippen molar-refractivity contribution in [3.05, 3.63) is 89.6 Å². The molecule has 0 saturated heterocycles. The molecule has 1 unspecified atom stereocenters. The van der Waals surface area contributed by atoms with Crippen LogP contribution in [0.2, 0.25) is 0 Å². The van der Waals surface area contributed by atoms with Gasteiger partial charge in [-0.25, -0.2) is 4.98 Å². The first-order valence-corrected chi connectivity index (χ1v) is 12.8. The van der Waals surface area contributed by atoms with E-state index < -0.39 is 23.7 Å². The van der Waals surface area contributed by atoms with Gasteiger partial charge in [0.2, 0.25) is 5.91 Å². The van der Waals surface area contributed by atoms with Crippen LogP contribution in [0.4, 0.5) is 24.7 Å². The number of benzene rings is 3. The van der Waals surface area contributed by atoms with Gasteiger partial charge in [-0.3, -0.25) is 4.79 Å². The molecule has 40 heavy (non-hydrogen) atoms. The first kappa shape index (κ1) is 28.5. The Morgan fingerprint density at radius 1 is 1.02 bits per heavy atom. The number of aromatic nitrogens is 1. The number of pyridine rings is 1. The Labute approximate surface area is 230 Å². The zero-order valence-electron chi connectivity index (χ0n) is 22.4. The Morgan fingerprint density at radius 2 is 1.80 bits per heavy atom. The van der Waals surface area contributed by atoms with Gasteiger partial charge in [0.1, 0.15) is 11.9 Å². The number of halogens is 3. The lowest BCUT2D eigenvalue weighted by Gasteiger charge is -2.23. The number of ether oxygens (including phenoxy) is 2. The lowest BCUT2D eigenvalue weighted by atomic mass is 10.0. The number of nitrogen functional groups attached to an aromatic ring is 1. The van der Waals surface area contributed by atoms with Crippen molar-refractivity contribution in [1.82, 2.24) is 10.3 Å². The molecular formula is C30H31F3N4O3. The molecule has 0 aliphatic heterocycles. The van der Waals surface area contributed by atoms with Crippen LogP contribution in [0.1, 0.15) is 43.5 Å². The highest BCUT2D eigenvalue weighted by Gasteiger charge is 2.33. The molecule has 4 N–H and O–H groups in total. The van der Waals surface area contributed by atoms with Crippen molar-refractivity contribution in [2.24, 2.45) is 0 Å². The van der Waals surface area contributed by atoms with E-state index >= 15 is 0 Å². The third kappa shape index (κ3) is 6.74. The van der Waals surface area contributed by atoms with Crippen molar-refractivity contribution in [2.75, 3.05) is 17.7 Å². The molecule has 1 aromatic heterocycles. The molecule has 1 atom stereocenters. The number of hydrogen-bond donors (Lipinski definition) is 3. The van der Waals surface area contributed by atoms with Gasteiger partial charge in [-0.05, 0) is 79.7 Å². The summed E-state index contributed by atoms with van der Waals surface area (Å²) >= 11 is 0. The predicted octanol–water partition coefficient (Wildman–Crippen LogP) is 6.49. The fourth-order valence-electron chi connectivity index (χ4n) is 4.32. The zero-order valence-corrected chi connectivity index (χ0v) is 22.4. The van der Waals surface area contributed by atoms with E-state index in [2.05, 4.69) is 15.6 Å². The second-order valence-electron chi connectivity index (χ2n) is 9.39. The zero-order chi connectivity index (χ0) is 28.9. The van der Waals surface area contributed by atoms with E-state index in [0.717, 1.165) is 16.8 Å². The molecule has 10 heteroatoms. The SMILES string of the molecule is CCOc1cc(C(Nc2ccc3c(N)nccc3c2)C(=O)NCc2ccccc2C(F)(F)F)ccc1OC(C)C. The number of anilines is 2. The summed E-state index contributed by atoms with van der Waals surface area (Å²) in [6, 6.07) is 16.5. The molecule has 3 aromatic carbocycles. The van der Waals surface area contributed by atoms with Crippen LogP contribution < -0.4 is 25.8 Å². The number of fused-ring (bicyclic) bond motifs is 1. The van der Waals surface area contributed by atoms with Gasteiger partial charge in [-0.15, -0.1) is 0 Å². The molecule has 1 amide bonds. The van der Waals surface area contributed by atoms with Crippen LogP contribution in [-0.2, 0) is 17.5 Å². The van der Waals surface area contributed by atoms with E-state index in [0.29, 0.717) is 35.2 Å². The third-order valence-corrected chi connectivity index (χ3v) is 6.11. The minimum Gasteiger partial charge on any atom is -0.490 e. The fourth-order valence-corrected chi connectivity index (χ4v) is 4.32. The fraction of sp³-hybridized carbons (Fsp3) is 0.267. The van der Waals surface area contributed by atoms with Gasteiger partial charge in [0, 0.05) is 23.8 Å². The number of carbonyl (C=O) groups is 1. The maximum absolute atomic E-state index is 13.6. The summed E-state index contributed by atoms with van der Waals surface area (Å²) in [7, 11) is 0. The first-order chi connectivity index (χ1) is 19.1. The van der Waals surface area contributed by atoms with E-state index in [-0.39, 0.29) is 18.2 Å². The summed E-state index contributed by atoms with van der Waals surface area (Å²) in [5.41, 5.74) is 6.29. The van der Waals surface area contributed by atoms with Crippen LogP contribution in [0.25, 0.3) is 10.8 Å². The van der Waals surface area contributed by atoms with Crippen molar-refractivity contribution in [2.45, 2.75) is 45.6 Å². The first-order valence-electron chi connectivity index (χ1n) is 12.8. The van der Waals surface area contributed by atoms with Crippen molar-refractivity contribution in [1.29, 1.82) is 0 Å². The average molecular weight is 553 g/mol. The van der Waals surface area contributed by atoms with Crippen LogP contribution >= 0.6 is 0 Å². The number of nitrogens with two attached hydrogens (primary N) is 1. The van der Waals surface area contributed by atoms with Gasteiger partial charge >= 0.3 is 6.18 Å². The number of rotatable bonds is 10. The molecule has 1 heterocycles. The molecular weight excluding hydrogens is 521 g/mol. The molecule has 0 fully saturated rings. The molecule has 0 radical (unpaired) electrons. The molecule has 0 aliphatic carbocycles. The van der Waals surface area contributed by atoms with Crippen molar-refractivity contribution in [3.63, 3.8) is 0 Å². The predicted molar refractivity (Wildman–Crippen MR) is 149 cm³/mol. The third-order valence-electron chi connectivity index (χ3n) is 6.11. The van der Waals surface area contributed by atoms with E-state index in [1.165, 1.54) is 18.2 Å². The quantitative estimate of drug-likeness (QED) is 0.208. The highest BCUT2D eigenvalue weighted by Crippen LogP contribution is 2.34. The van der Waals surface area contributed by atoms with Gasteiger partial charge in [0.05, 0.1) is 18.3 Å². The highest BCUT2D eigenvalue weighted by molar-refractivity contribution is 5.94. The van der Waals surface area contributed by atoms with Crippen LogP contribution in [0.15, 0.2) is 72.9 Å². The lowest BCUT2D eigenvalue weighted by molar-refractivity contribution is -0.138. The Kier molecular flexibility index (Phi) is 8.67.